The van der Waals surface area contributed by atoms with Gasteiger partial charge in [-0.2, -0.15) is 0 Å². The van der Waals surface area contributed by atoms with E-state index in [9.17, 15) is 18.5 Å². The van der Waals surface area contributed by atoms with Crippen LogP contribution in [0.5, 0.6) is 0 Å². The first-order valence-electron chi connectivity index (χ1n) is 9.06. The third-order valence-electron chi connectivity index (χ3n) is 5.62. The van der Waals surface area contributed by atoms with E-state index in [0.717, 1.165) is 25.1 Å². The van der Waals surface area contributed by atoms with E-state index in [4.69, 9.17) is 5.14 Å². The summed E-state index contributed by atoms with van der Waals surface area (Å²) in [6.45, 7) is 5.40. The van der Waals surface area contributed by atoms with Gasteiger partial charge in [0.25, 0.3) is 5.69 Å². The number of non-ortho nitro benzene ring substituents is 1. The lowest BCUT2D eigenvalue weighted by Gasteiger charge is -2.42. The molecule has 0 unspecified atom stereocenters. The van der Waals surface area contributed by atoms with Crippen LogP contribution in [-0.4, -0.2) is 50.5 Å². The van der Waals surface area contributed by atoms with Gasteiger partial charge >= 0.3 is 0 Å². The van der Waals surface area contributed by atoms with Gasteiger partial charge in [0.15, 0.2) is 0 Å². The standard InChI is InChI=1S/C17H26N4O4S/c1-13-2-4-14(5-3-13)19-8-10-20(11-9-19)16-7-6-15(21(22)23)12-17(16)26(18,24)25/h6-7,12-14H,2-5,8-11H2,1H3,(H2,18,24,25). The summed E-state index contributed by atoms with van der Waals surface area (Å²) in [5, 5.41) is 16.3. The van der Waals surface area contributed by atoms with E-state index in [0.29, 0.717) is 24.8 Å². The number of hydrogen-bond donors (Lipinski definition) is 1. The number of rotatable bonds is 4. The third-order valence-corrected chi connectivity index (χ3v) is 6.56. The van der Waals surface area contributed by atoms with Gasteiger partial charge in [-0.1, -0.05) is 6.92 Å². The Balaban J connectivity index is 1.74. The van der Waals surface area contributed by atoms with E-state index in [1.165, 1.54) is 37.8 Å². The third kappa shape index (κ3) is 4.16. The molecule has 0 radical (unpaired) electrons. The summed E-state index contributed by atoms with van der Waals surface area (Å²) >= 11 is 0. The lowest BCUT2D eigenvalue weighted by Crippen LogP contribution is -2.51. The highest BCUT2D eigenvalue weighted by Gasteiger charge is 2.29. The summed E-state index contributed by atoms with van der Waals surface area (Å²) in [5.74, 6) is 0.810. The molecule has 2 N–H and O–H groups in total. The van der Waals surface area contributed by atoms with Crippen molar-refractivity contribution in [1.82, 2.24) is 4.90 Å². The van der Waals surface area contributed by atoms with Crippen molar-refractivity contribution in [3.8, 4) is 0 Å². The van der Waals surface area contributed by atoms with Crippen LogP contribution in [0, 0.1) is 16.0 Å². The average molecular weight is 382 g/mol. The van der Waals surface area contributed by atoms with Gasteiger partial charge in [0.1, 0.15) is 4.90 Å². The van der Waals surface area contributed by atoms with Crippen molar-refractivity contribution >= 4 is 21.4 Å². The van der Waals surface area contributed by atoms with Crippen LogP contribution in [0.1, 0.15) is 32.6 Å². The zero-order valence-corrected chi connectivity index (χ0v) is 15.8. The van der Waals surface area contributed by atoms with Crippen LogP contribution in [0.3, 0.4) is 0 Å². The summed E-state index contributed by atoms with van der Waals surface area (Å²) in [6, 6.07) is 4.50. The molecule has 1 aromatic carbocycles. The number of nitrogens with two attached hydrogens (primary N) is 1. The van der Waals surface area contributed by atoms with Crippen molar-refractivity contribution < 1.29 is 13.3 Å². The normalized spacial score (nSPS) is 25.2. The molecule has 0 aromatic heterocycles. The Morgan fingerprint density at radius 3 is 2.27 bits per heavy atom. The van der Waals surface area contributed by atoms with Crippen LogP contribution in [0.15, 0.2) is 23.1 Å². The molecule has 3 rings (SSSR count). The monoisotopic (exact) mass is 382 g/mol. The molecule has 0 bridgehead atoms. The molecule has 144 valence electrons. The number of nitro groups is 1. The molecule has 26 heavy (non-hydrogen) atoms. The number of piperazine rings is 1. The number of nitro benzene ring substituents is 1. The molecule has 1 heterocycles. The van der Waals surface area contributed by atoms with Crippen LogP contribution < -0.4 is 10.0 Å². The van der Waals surface area contributed by atoms with Gasteiger partial charge in [0.05, 0.1) is 10.6 Å². The minimum atomic E-state index is -4.04. The van der Waals surface area contributed by atoms with Crippen molar-refractivity contribution in [1.29, 1.82) is 0 Å². The Morgan fingerprint density at radius 1 is 1.12 bits per heavy atom. The molecule has 1 aliphatic carbocycles. The number of anilines is 1. The molecule has 8 nitrogen and oxygen atoms in total. The lowest BCUT2D eigenvalue weighted by molar-refractivity contribution is -0.385. The second kappa shape index (κ2) is 7.50. The van der Waals surface area contributed by atoms with Crippen molar-refractivity contribution in [2.45, 2.75) is 43.5 Å². The number of benzene rings is 1. The topological polar surface area (TPSA) is 110 Å². The highest BCUT2D eigenvalue weighted by atomic mass is 32.2. The van der Waals surface area contributed by atoms with Gasteiger partial charge in [0, 0.05) is 44.4 Å². The van der Waals surface area contributed by atoms with Crippen LogP contribution >= 0.6 is 0 Å². The quantitative estimate of drug-likeness (QED) is 0.629. The Kier molecular flexibility index (Phi) is 5.50. The van der Waals surface area contributed by atoms with Crippen molar-refractivity contribution in [3.05, 3.63) is 28.3 Å². The smallest absolute Gasteiger partial charge is 0.270 e. The maximum absolute atomic E-state index is 11.9. The van der Waals surface area contributed by atoms with E-state index in [2.05, 4.69) is 11.8 Å². The first kappa shape index (κ1) is 19.1. The van der Waals surface area contributed by atoms with Crippen molar-refractivity contribution in [2.75, 3.05) is 31.1 Å². The van der Waals surface area contributed by atoms with Crippen molar-refractivity contribution in [3.63, 3.8) is 0 Å². The summed E-state index contributed by atoms with van der Waals surface area (Å²) < 4.78 is 23.9. The summed E-state index contributed by atoms with van der Waals surface area (Å²) in [4.78, 5) is 14.6. The average Bonchev–Trinajstić information content (AvgIpc) is 2.61. The van der Waals surface area contributed by atoms with Gasteiger partial charge in [0.2, 0.25) is 10.0 Å². The molecule has 1 aromatic rings. The van der Waals surface area contributed by atoms with E-state index in [1.54, 1.807) is 0 Å². The van der Waals surface area contributed by atoms with Gasteiger partial charge in [-0.05, 0) is 37.7 Å². The predicted molar refractivity (Wildman–Crippen MR) is 99.7 cm³/mol. The molecule has 9 heteroatoms. The molecule has 2 aliphatic rings. The highest BCUT2D eigenvalue weighted by Crippen LogP contribution is 2.31. The molecular weight excluding hydrogens is 356 g/mol. The summed E-state index contributed by atoms with van der Waals surface area (Å²) in [5.41, 5.74) is 0.183. The minimum Gasteiger partial charge on any atom is -0.368 e. The Hall–Kier alpha value is -1.71. The van der Waals surface area contributed by atoms with Crippen molar-refractivity contribution in [2.24, 2.45) is 11.1 Å². The molecule has 0 spiro atoms. The van der Waals surface area contributed by atoms with Crippen LogP contribution in [0.25, 0.3) is 0 Å². The first-order chi connectivity index (χ1) is 12.3. The zero-order chi connectivity index (χ0) is 18.9. The van der Waals surface area contributed by atoms with E-state index in [1.807, 2.05) is 4.90 Å². The van der Waals surface area contributed by atoms with Gasteiger partial charge in [-0.25, -0.2) is 13.6 Å². The van der Waals surface area contributed by atoms with E-state index >= 15 is 0 Å². The van der Waals surface area contributed by atoms with Gasteiger partial charge in [-0.15, -0.1) is 0 Å². The highest BCUT2D eigenvalue weighted by molar-refractivity contribution is 7.89. The minimum absolute atomic E-state index is 0.174. The zero-order valence-electron chi connectivity index (χ0n) is 15.0. The fraction of sp³-hybridized carbons (Fsp3) is 0.647. The van der Waals surface area contributed by atoms with Crippen LogP contribution in [0.2, 0.25) is 0 Å². The maximum atomic E-state index is 11.9. The number of primary sulfonamides is 1. The molecular formula is C17H26N4O4S. The number of sulfonamides is 1. The number of hydrogen-bond acceptors (Lipinski definition) is 6. The second-order valence-electron chi connectivity index (χ2n) is 7.39. The Labute approximate surface area is 154 Å². The molecule has 1 saturated heterocycles. The van der Waals surface area contributed by atoms with Gasteiger partial charge in [-0.3, -0.25) is 15.0 Å². The Morgan fingerprint density at radius 2 is 1.73 bits per heavy atom. The molecule has 1 saturated carbocycles. The fourth-order valence-corrected chi connectivity index (χ4v) is 4.81. The van der Waals surface area contributed by atoms with Crippen LogP contribution in [0.4, 0.5) is 11.4 Å². The predicted octanol–water partition coefficient (Wildman–Crippen LogP) is 1.94. The fourth-order valence-electron chi connectivity index (χ4n) is 4.04. The SMILES string of the molecule is CC1CCC(N2CCN(c3ccc([N+](=O)[O-])cc3S(N)(=O)=O)CC2)CC1. The maximum Gasteiger partial charge on any atom is 0.270 e. The van der Waals surface area contributed by atoms with Crippen LogP contribution in [-0.2, 0) is 10.0 Å². The van der Waals surface area contributed by atoms with E-state index in [-0.39, 0.29) is 10.6 Å². The molecule has 2 fully saturated rings. The first-order valence-corrected chi connectivity index (χ1v) is 10.6. The van der Waals surface area contributed by atoms with Gasteiger partial charge < -0.3 is 4.90 Å². The largest absolute Gasteiger partial charge is 0.368 e. The lowest BCUT2D eigenvalue weighted by atomic mass is 9.86. The molecule has 0 atom stereocenters. The van der Waals surface area contributed by atoms with E-state index < -0.39 is 14.9 Å². The Bertz CT molecular complexity index is 767. The molecule has 0 amide bonds. The number of nitrogens with zero attached hydrogens (tertiary/aromatic N) is 3. The second-order valence-corrected chi connectivity index (χ2v) is 8.92. The summed E-state index contributed by atoms with van der Waals surface area (Å²) in [6.07, 6.45) is 4.98. The summed E-state index contributed by atoms with van der Waals surface area (Å²) in [7, 11) is -4.04. The molecule has 1 aliphatic heterocycles.